The Hall–Kier alpha value is -3.06. The van der Waals surface area contributed by atoms with Crippen LogP contribution < -0.4 is 15.5 Å². The molecule has 3 aromatic rings. The molecule has 0 radical (unpaired) electrons. The summed E-state index contributed by atoms with van der Waals surface area (Å²) >= 11 is 0. The highest BCUT2D eigenvalue weighted by Gasteiger charge is 2.13. The van der Waals surface area contributed by atoms with Crippen molar-refractivity contribution in [3.05, 3.63) is 54.6 Å². The summed E-state index contributed by atoms with van der Waals surface area (Å²) in [7, 11) is 0. The van der Waals surface area contributed by atoms with Crippen molar-refractivity contribution >= 4 is 28.3 Å². The summed E-state index contributed by atoms with van der Waals surface area (Å²) in [4.78, 5) is 27.6. The van der Waals surface area contributed by atoms with Crippen LogP contribution in [0.4, 0.5) is 11.5 Å². The normalized spacial score (nSPS) is 14.8. The van der Waals surface area contributed by atoms with Gasteiger partial charge in [-0.1, -0.05) is 12.1 Å². The van der Waals surface area contributed by atoms with Crippen molar-refractivity contribution in [1.82, 2.24) is 20.3 Å². The second-order valence-electron chi connectivity index (χ2n) is 6.22. The number of hydrogen-bond donors (Lipinski definition) is 2. The first kappa shape index (κ1) is 16.4. The molecule has 1 fully saturated rings. The van der Waals surface area contributed by atoms with Gasteiger partial charge in [0.15, 0.2) is 0 Å². The van der Waals surface area contributed by atoms with E-state index in [4.69, 9.17) is 0 Å². The molecule has 0 spiro atoms. The van der Waals surface area contributed by atoms with E-state index in [0.717, 1.165) is 49.3 Å². The fraction of sp³-hybridized carbons (Fsp3) is 0.263. The van der Waals surface area contributed by atoms with E-state index < -0.39 is 0 Å². The number of amides is 1. The number of fused-ring (bicyclic) bond motifs is 1. The lowest BCUT2D eigenvalue weighted by Gasteiger charge is -2.20. The Morgan fingerprint density at radius 2 is 2.04 bits per heavy atom. The van der Waals surface area contributed by atoms with Crippen LogP contribution in [0, 0.1) is 0 Å². The van der Waals surface area contributed by atoms with Crippen LogP contribution >= 0.6 is 0 Å². The number of anilines is 2. The molecule has 132 valence electrons. The first-order chi connectivity index (χ1) is 12.8. The Morgan fingerprint density at radius 3 is 2.92 bits per heavy atom. The third-order valence-electron chi connectivity index (χ3n) is 4.40. The van der Waals surface area contributed by atoms with Gasteiger partial charge in [0.1, 0.15) is 11.5 Å². The van der Waals surface area contributed by atoms with Crippen molar-refractivity contribution in [3.8, 4) is 0 Å². The lowest BCUT2D eigenvalue weighted by Crippen LogP contribution is -2.29. The van der Waals surface area contributed by atoms with Gasteiger partial charge >= 0.3 is 0 Å². The van der Waals surface area contributed by atoms with E-state index in [1.807, 2.05) is 30.3 Å². The van der Waals surface area contributed by atoms with Crippen LogP contribution in [-0.4, -0.2) is 47.0 Å². The average molecular weight is 348 g/mol. The second-order valence-corrected chi connectivity index (χ2v) is 6.22. The number of nitrogens with one attached hydrogen (secondary N) is 2. The predicted molar refractivity (Wildman–Crippen MR) is 101 cm³/mol. The zero-order valence-corrected chi connectivity index (χ0v) is 14.4. The van der Waals surface area contributed by atoms with E-state index in [1.165, 1.54) is 6.20 Å². The monoisotopic (exact) mass is 348 g/mol. The smallest absolute Gasteiger partial charge is 0.275 e. The van der Waals surface area contributed by atoms with Crippen LogP contribution in [0.5, 0.6) is 0 Å². The van der Waals surface area contributed by atoms with Gasteiger partial charge in [-0.3, -0.25) is 9.78 Å². The SMILES string of the molecule is O=C(Nc1ccc2cccnc2c1)c1cnc(N2CCCNCC2)cn1. The summed E-state index contributed by atoms with van der Waals surface area (Å²) < 4.78 is 0. The third kappa shape index (κ3) is 3.62. The quantitative estimate of drug-likeness (QED) is 0.754. The minimum atomic E-state index is -0.281. The Morgan fingerprint density at radius 1 is 1.08 bits per heavy atom. The van der Waals surface area contributed by atoms with Gasteiger partial charge in [0.05, 0.1) is 17.9 Å². The topological polar surface area (TPSA) is 83.0 Å². The molecule has 7 nitrogen and oxygen atoms in total. The fourth-order valence-electron chi connectivity index (χ4n) is 3.02. The number of carbonyl (C=O) groups is 1. The van der Waals surface area contributed by atoms with Gasteiger partial charge in [0.25, 0.3) is 5.91 Å². The molecular weight excluding hydrogens is 328 g/mol. The van der Waals surface area contributed by atoms with Crippen LogP contribution in [0.3, 0.4) is 0 Å². The van der Waals surface area contributed by atoms with Gasteiger partial charge in [-0.25, -0.2) is 9.97 Å². The standard InChI is InChI=1S/C19H20N6O/c26-19(24-15-5-4-14-3-1-7-21-16(14)11-15)17-12-23-18(13-22-17)25-9-2-6-20-8-10-25/h1,3-5,7,11-13,20H,2,6,8-10H2,(H,24,26). The first-order valence-electron chi connectivity index (χ1n) is 8.73. The van der Waals surface area contributed by atoms with E-state index in [0.29, 0.717) is 11.4 Å². The van der Waals surface area contributed by atoms with Gasteiger partial charge < -0.3 is 15.5 Å². The van der Waals surface area contributed by atoms with Crippen LogP contribution in [0.1, 0.15) is 16.9 Å². The maximum absolute atomic E-state index is 12.4. The van der Waals surface area contributed by atoms with E-state index in [1.54, 1.807) is 12.4 Å². The van der Waals surface area contributed by atoms with Gasteiger partial charge in [-0.05, 0) is 31.2 Å². The minimum Gasteiger partial charge on any atom is -0.354 e. The molecule has 1 aliphatic rings. The summed E-state index contributed by atoms with van der Waals surface area (Å²) in [6.07, 6.45) is 6.00. The van der Waals surface area contributed by atoms with Crippen molar-refractivity contribution in [2.45, 2.75) is 6.42 Å². The molecule has 0 aliphatic carbocycles. The molecule has 7 heteroatoms. The summed E-state index contributed by atoms with van der Waals surface area (Å²) in [5, 5.41) is 7.24. The molecule has 1 aromatic carbocycles. The highest BCUT2D eigenvalue weighted by molar-refractivity contribution is 6.03. The van der Waals surface area contributed by atoms with E-state index in [-0.39, 0.29) is 5.91 Å². The molecule has 0 atom stereocenters. The van der Waals surface area contributed by atoms with E-state index in [2.05, 4.69) is 30.5 Å². The molecule has 0 unspecified atom stereocenters. The molecule has 3 heterocycles. The van der Waals surface area contributed by atoms with Crippen molar-refractivity contribution in [2.24, 2.45) is 0 Å². The molecule has 0 bridgehead atoms. The molecule has 4 rings (SSSR count). The van der Waals surface area contributed by atoms with Gasteiger partial charge in [-0.2, -0.15) is 0 Å². The molecule has 1 aliphatic heterocycles. The predicted octanol–water partition coefficient (Wildman–Crippen LogP) is 2.08. The first-order valence-corrected chi connectivity index (χ1v) is 8.73. The molecule has 0 saturated carbocycles. The van der Waals surface area contributed by atoms with Crippen molar-refractivity contribution in [3.63, 3.8) is 0 Å². The van der Waals surface area contributed by atoms with Crippen LogP contribution in [0.25, 0.3) is 10.9 Å². The number of benzene rings is 1. The maximum Gasteiger partial charge on any atom is 0.275 e. The van der Waals surface area contributed by atoms with E-state index in [9.17, 15) is 4.79 Å². The van der Waals surface area contributed by atoms with Crippen molar-refractivity contribution in [2.75, 3.05) is 36.4 Å². The molecule has 1 saturated heterocycles. The van der Waals surface area contributed by atoms with Crippen molar-refractivity contribution < 1.29 is 4.79 Å². The molecule has 2 aromatic heterocycles. The largest absolute Gasteiger partial charge is 0.354 e. The highest BCUT2D eigenvalue weighted by atomic mass is 16.1. The summed E-state index contributed by atoms with van der Waals surface area (Å²) in [6.45, 7) is 3.78. The molecule has 2 N–H and O–H groups in total. The van der Waals surface area contributed by atoms with Gasteiger partial charge in [-0.15, -0.1) is 0 Å². The highest BCUT2D eigenvalue weighted by Crippen LogP contribution is 2.17. The molecular formula is C19H20N6O. The second kappa shape index (κ2) is 7.45. The number of pyridine rings is 1. The Balaban J connectivity index is 1.47. The third-order valence-corrected chi connectivity index (χ3v) is 4.40. The Labute approximate surface area is 151 Å². The number of carbonyl (C=O) groups excluding carboxylic acids is 1. The number of hydrogen-bond acceptors (Lipinski definition) is 6. The lowest BCUT2D eigenvalue weighted by atomic mass is 10.2. The lowest BCUT2D eigenvalue weighted by molar-refractivity contribution is 0.102. The van der Waals surface area contributed by atoms with Crippen LogP contribution in [-0.2, 0) is 0 Å². The van der Waals surface area contributed by atoms with Crippen LogP contribution in [0.2, 0.25) is 0 Å². The Bertz CT molecular complexity index is 903. The van der Waals surface area contributed by atoms with Crippen molar-refractivity contribution in [1.29, 1.82) is 0 Å². The Kier molecular flexibility index (Phi) is 4.70. The number of aromatic nitrogens is 3. The summed E-state index contributed by atoms with van der Waals surface area (Å²) in [6, 6.07) is 9.50. The van der Waals surface area contributed by atoms with Crippen LogP contribution in [0.15, 0.2) is 48.9 Å². The van der Waals surface area contributed by atoms with E-state index >= 15 is 0 Å². The average Bonchev–Trinajstić information content (AvgIpc) is 2.97. The fourth-order valence-corrected chi connectivity index (χ4v) is 3.02. The van der Waals surface area contributed by atoms with Gasteiger partial charge in [0.2, 0.25) is 0 Å². The number of nitrogens with zero attached hydrogens (tertiary/aromatic N) is 4. The summed E-state index contributed by atoms with van der Waals surface area (Å²) in [5.74, 6) is 0.525. The minimum absolute atomic E-state index is 0.281. The summed E-state index contributed by atoms with van der Waals surface area (Å²) in [5.41, 5.74) is 1.81. The number of rotatable bonds is 3. The zero-order chi connectivity index (χ0) is 17.8. The molecule has 26 heavy (non-hydrogen) atoms. The van der Waals surface area contributed by atoms with Gasteiger partial charge in [0, 0.05) is 36.9 Å². The maximum atomic E-state index is 12.4. The zero-order valence-electron chi connectivity index (χ0n) is 14.4. The molecule has 1 amide bonds.